The summed E-state index contributed by atoms with van der Waals surface area (Å²) in [6.07, 6.45) is 1.76. The zero-order valence-corrected chi connectivity index (χ0v) is 15.2. The van der Waals surface area contributed by atoms with E-state index in [-0.39, 0.29) is 5.60 Å². The largest absolute Gasteiger partial charge is 0.507 e. The van der Waals surface area contributed by atoms with Crippen molar-refractivity contribution in [3.8, 4) is 17.2 Å². The number of hydrogen-bond donors (Lipinski definition) is 1. The standard InChI is InChI=1S/C21H26O3/c1-13-6-8-17(9-7-13)23-12-21(5)11-10-18-16(4)19(22)14(2)15(3)20(18)24-21/h6-9,22H,10-12H2,1-5H3. The first-order chi connectivity index (χ1) is 11.3. The Labute approximate surface area is 144 Å². The maximum atomic E-state index is 10.3. The van der Waals surface area contributed by atoms with Crippen molar-refractivity contribution < 1.29 is 14.6 Å². The van der Waals surface area contributed by atoms with Crippen LogP contribution in [0.25, 0.3) is 0 Å². The van der Waals surface area contributed by atoms with Gasteiger partial charge >= 0.3 is 0 Å². The van der Waals surface area contributed by atoms with Gasteiger partial charge in [-0.25, -0.2) is 0 Å². The van der Waals surface area contributed by atoms with Crippen LogP contribution in [0.2, 0.25) is 0 Å². The second-order valence-corrected chi connectivity index (χ2v) is 7.18. The number of aryl methyl sites for hydroxylation is 1. The van der Waals surface area contributed by atoms with Gasteiger partial charge in [-0.2, -0.15) is 0 Å². The van der Waals surface area contributed by atoms with Crippen LogP contribution in [0.4, 0.5) is 0 Å². The third-order valence-electron chi connectivity index (χ3n) is 5.16. The monoisotopic (exact) mass is 326 g/mol. The van der Waals surface area contributed by atoms with E-state index >= 15 is 0 Å². The van der Waals surface area contributed by atoms with Crippen LogP contribution in [-0.2, 0) is 6.42 Å². The third-order valence-corrected chi connectivity index (χ3v) is 5.16. The van der Waals surface area contributed by atoms with Crippen LogP contribution in [-0.4, -0.2) is 17.3 Å². The molecule has 3 nitrogen and oxygen atoms in total. The van der Waals surface area contributed by atoms with Gasteiger partial charge in [0, 0.05) is 5.56 Å². The molecule has 0 saturated heterocycles. The van der Waals surface area contributed by atoms with Crippen molar-refractivity contribution >= 4 is 0 Å². The Bertz CT molecular complexity index is 762. The average Bonchev–Trinajstić information content (AvgIpc) is 2.57. The SMILES string of the molecule is Cc1ccc(OCC2(C)CCc3c(C)c(O)c(C)c(C)c3O2)cc1. The van der Waals surface area contributed by atoms with Gasteiger partial charge in [-0.05, 0) is 76.3 Å². The summed E-state index contributed by atoms with van der Waals surface area (Å²) in [5.74, 6) is 2.18. The normalized spacial score (nSPS) is 19.5. The smallest absolute Gasteiger partial charge is 0.140 e. The zero-order chi connectivity index (χ0) is 17.5. The number of benzene rings is 2. The summed E-state index contributed by atoms with van der Waals surface area (Å²) in [7, 11) is 0. The van der Waals surface area contributed by atoms with Crippen molar-refractivity contribution in [1.82, 2.24) is 0 Å². The molecule has 24 heavy (non-hydrogen) atoms. The molecule has 1 aliphatic heterocycles. The highest BCUT2D eigenvalue weighted by Gasteiger charge is 2.35. The van der Waals surface area contributed by atoms with Crippen molar-refractivity contribution in [3.05, 3.63) is 52.1 Å². The van der Waals surface area contributed by atoms with Gasteiger partial charge in [0.25, 0.3) is 0 Å². The van der Waals surface area contributed by atoms with E-state index in [4.69, 9.17) is 9.47 Å². The Kier molecular flexibility index (Phi) is 4.20. The molecule has 1 N–H and O–H groups in total. The summed E-state index contributed by atoms with van der Waals surface area (Å²) in [4.78, 5) is 0. The zero-order valence-electron chi connectivity index (χ0n) is 15.2. The summed E-state index contributed by atoms with van der Waals surface area (Å²) in [6.45, 7) is 10.6. The van der Waals surface area contributed by atoms with Crippen LogP contribution < -0.4 is 9.47 Å². The van der Waals surface area contributed by atoms with E-state index in [1.807, 2.05) is 45.0 Å². The highest BCUT2D eigenvalue weighted by Crippen LogP contribution is 2.43. The fourth-order valence-electron chi connectivity index (χ4n) is 3.27. The minimum atomic E-state index is -0.363. The number of phenols is 1. The van der Waals surface area contributed by atoms with Crippen molar-refractivity contribution in [3.63, 3.8) is 0 Å². The third kappa shape index (κ3) is 2.95. The molecule has 0 radical (unpaired) electrons. The lowest BCUT2D eigenvalue weighted by molar-refractivity contribution is 0.0166. The lowest BCUT2D eigenvalue weighted by atomic mass is 9.87. The van der Waals surface area contributed by atoms with E-state index in [2.05, 4.69) is 13.8 Å². The number of aromatic hydroxyl groups is 1. The van der Waals surface area contributed by atoms with Gasteiger partial charge in [0.05, 0.1) is 0 Å². The van der Waals surface area contributed by atoms with E-state index in [0.29, 0.717) is 12.4 Å². The highest BCUT2D eigenvalue weighted by atomic mass is 16.5. The number of rotatable bonds is 3. The van der Waals surface area contributed by atoms with Gasteiger partial charge in [0.1, 0.15) is 29.5 Å². The number of ether oxygens (including phenoxy) is 2. The number of fused-ring (bicyclic) bond motifs is 1. The van der Waals surface area contributed by atoms with E-state index in [1.165, 1.54) is 5.56 Å². The topological polar surface area (TPSA) is 38.7 Å². The molecule has 1 unspecified atom stereocenters. The van der Waals surface area contributed by atoms with Crippen molar-refractivity contribution in [1.29, 1.82) is 0 Å². The first-order valence-electron chi connectivity index (χ1n) is 8.51. The van der Waals surface area contributed by atoms with Crippen LogP contribution in [0, 0.1) is 27.7 Å². The minimum absolute atomic E-state index is 0.363. The van der Waals surface area contributed by atoms with E-state index in [1.54, 1.807) is 0 Å². The van der Waals surface area contributed by atoms with Gasteiger partial charge in [-0.3, -0.25) is 0 Å². The summed E-state index contributed by atoms with van der Waals surface area (Å²) in [5, 5.41) is 10.3. The Hall–Kier alpha value is -2.16. The highest BCUT2D eigenvalue weighted by molar-refractivity contribution is 5.58. The van der Waals surface area contributed by atoms with Gasteiger partial charge < -0.3 is 14.6 Å². The number of phenolic OH excluding ortho intramolecular Hbond substituents is 1. The molecule has 1 heterocycles. The molecule has 0 amide bonds. The maximum Gasteiger partial charge on any atom is 0.140 e. The summed E-state index contributed by atoms with van der Waals surface area (Å²) >= 11 is 0. The summed E-state index contributed by atoms with van der Waals surface area (Å²) in [6, 6.07) is 8.09. The second kappa shape index (κ2) is 6.04. The molecule has 0 spiro atoms. The molecule has 2 aromatic rings. The van der Waals surface area contributed by atoms with Crippen LogP contribution in [0.1, 0.15) is 41.2 Å². The lowest BCUT2D eigenvalue weighted by Crippen LogP contribution is -2.42. The molecule has 0 bridgehead atoms. The molecule has 128 valence electrons. The Morgan fingerprint density at radius 2 is 1.71 bits per heavy atom. The molecule has 0 aliphatic carbocycles. The van der Waals surface area contributed by atoms with E-state index < -0.39 is 0 Å². The molecule has 0 fully saturated rings. The fourth-order valence-corrected chi connectivity index (χ4v) is 3.27. The van der Waals surface area contributed by atoms with Gasteiger partial charge in [-0.1, -0.05) is 17.7 Å². The Balaban J connectivity index is 1.82. The molecule has 1 atom stereocenters. The second-order valence-electron chi connectivity index (χ2n) is 7.18. The van der Waals surface area contributed by atoms with Crippen LogP contribution >= 0.6 is 0 Å². The molecule has 0 aromatic heterocycles. The van der Waals surface area contributed by atoms with Gasteiger partial charge in [0.15, 0.2) is 0 Å². The predicted octanol–water partition coefficient (Wildman–Crippen LogP) is 4.79. The van der Waals surface area contributed by atoms with Gasteiger partial charge in [-0.15, -0.1) is 0 Å². The minimum Gasteiger partial charge on any atom is -0.507 e. The first kappa shape index (κ1) is 16.7. The number of hydrogen-bond acceptors (Lipinski definition) is 3. The van der Waals surface area contributed by atoms with Crippen LogP contribution in [0.5, 0.6) is 17.2 Å². The Morgan fingerprint density at radius 1 is 1.04 bits per heavy atom. The van der Waals surface area contributed by atoms with Crippen molar-refractivity contribution in [2.75, 3.05) is 6.61 Å². The molecule has 2 aromatic carbocycles. The van der Waals surface area contributed by atoms with Crippen molar-refractivity contribution in [2.24, 2.45) is 0 Å². The maximum absolute atomic E-state index is 10.3. The quantitative estimate of drug-likeness (QED) is 0.881. The molecule has 1 aliphatic rings. The molecule has 0 saturated carbocycles. The Morgan fingerprint density at radius 3 is 2.38 bits per heavy atom. The van der Waals surface area contributed by atoms with Crippen molar-refractivity contribution in [2.45, 2.75) is 53.1 Å². The molecular weight excluding hydrogens is 300 g/mol. The summed E-state index contributed by atoms with van der Waals surface area (Å²) < 4.78 is 12.3. The van der Waals surface area contributed by atoms with Crippen LogP contribution in [0.3, 0.4) is 0 Å². The predicted molar refractivity (Wildman–Crippen MR) is 96.3 cm³/mol. The lowest BCUT2D eigenvalue weighted by Gasteiger charge is -2.37. The van der Waals surface area contributed by atoms with Crippen LogP contribution in [0.15, 0.2) is 24.3 Å². The molecule has 3 heteroatoms. The van der Waals surface area contributed by atoms with Gasteiger partial charge in [0.2, 0.25) is 0 Å². The molecule has 3 rings (SSSR count). The van der Waals surface area contributed by atoms with E-state index in [0.717, 1.165) is 46.6 Å². The average molecular weight is 326 g/mol. The first-order valence-corrected chi connectivity index (χ1v) is 8.51. The molecular formula is C21H26O3. The van der Waals surface area contributed by atoms with E-state index in [9.17, 15) is 5.11 Å². The summed E-state index contributed by atoms with van der Waals surface area (Å²) in [5.41, 5.74) is 4.85. The fraction of sp³-hybridized carbons (Fsp3) is 0.429.